The lowest BCUT2D eigenvalue weighted by atomic mass is 9.97. The number of halogens is 1. The molecule has 5 atom stereocenters. The number of aromatic nitrogens is 4. The number of aliphatic hydroxyl groups excluding tert-OH is 1. The second-order valence-electron chi connectivity index (χ2n) is 6.99. The number of nitrogens with zero attached hydrogens (tertiary/aromatic N) is 4. The maximum atomic E-state index is 11.2. The van der Waals surface area contributed by atoms with Crippen LogP contribution in [0.4, 0.5) is 5.82 Å². The van der Waals surface area contributed by atoms with E-state index >= 15 is 0 Å². The van der Waals surface area contributed by atoms with E-state index in [1.54, 1.807) is 13.8 Å². The van der Waals surface area contributed by atoms with E-state index in [2.05, 4.69) is 19.8 Å². The van der Waals surface area contributed by atoms with Crippen LogP contribution < -0.4 is 4.84 Å². The normalized spacial score (nSPS) is 35.9. The molecule has 2 aliphatic rings. The Bertz CT molecular complexity index is 920. The molecule has 12 heteroatoms. The maximum Gasteiger partial charge on any atom is 0.335 e. The number of fused-ring (bicyclic) bond motifs is 2. The molecule has 2 aromatic rings. The number of carboxylic acids is 1. The molecule has 1 unspecified atom stereocenters. The quantitative estimate of drug-likeness (QED) is 0.422. The monoisotopic (exact) mass is 385 g/mol. The van der Waals surface area contributed by atoms with Crippen LogP contribution in [0.5, 0.6) is 0 Å². The predicted octanol–water partition coefficient (Wildman–Crippen LogP) is -0.763. The molecule has 140 valence electrons. The minimum atomic E-state index is -2.03. The Labute approximate surface area is 151 Å². The first-order valence-corrected chi connectivity index (χ1v) is 8.06. The van der Waals surface area contributed by atoms with Crippen molar-refractivity contribution in [2.24, 2.45) is 5.41 Å². The fourth-order valence-corrected chi connectivity index (χ4v) is 4.23. The van der Waals surface area contributed by atoms with Crippen molar-refractivity contribution in [1.82, 2.24) is 19.5 Å². The molecule has 1 aliphatic carbocycles. The number of aliphatic carboxylic acids is 1. The van der Waals surface area contributed by atoms with Crippen LogP contribution in [0.3, 0.4) is 0 Å². The highest BCUT2D eigenvalue weighted by molar-refractivity contribution is 6.24. The van der Waals surface area contributed by atoms with Gasteiger partial charge in [0, 0.05) is 17.2 Å². The number of hydrogen-bond donors (Lipinski definition) is 5. The lowest BCUT2D eigenvalue weighted by Crippen LogP contribution is -2.46. The van der Waals surface area contributed by atoms with Gasteiger partial charge in [0.25, 0.3) is 0 Å². The first-order chi connectivity index (χ1) is 12.1. The molecule has 5 N–H and O–H groups in total. The molecule has 11 nitrogen and oxygen atoms in total. The first kappa shape index (κ1) is 17.4. The molecule has 2 fully saturated rings. The van der Waals surface area contributed by atoms with Crippen molar-refractivity contribution in [2.75, 3.05) is 4.84 Å². The predicted molar refractivity (Wildman–Crippen MR) is 86.0 cm³/mol. The van der Waals surface area contributed by atoms with Gasteiger partial charge in [-0.3, -0.25) is 9.40 Å². The van der Waals surface area contributed by atoms with Crippen molar-refractivity contribution in [2.45, 2.75) is 43.5 Å². The van der Waals surface area contributed by atoms with Gasteiger partial charge in [0.1, 0.15) is 23.6 Å². The minimum Gasteiger partial charge on any atom is -0.479 e. The number of anilines is 1. The van der Waals surface area contributed by atoms with Gasteiger partial charge in [0.15, 0.2) is 29.3 Å². The summed E-state index contributed by atoms with van der Waals surface area (Å²) in [6.07, 6.45) is -2.27. The van der Waals surface area contributed by atoms with Crippen molar-refractivity contribution in [3.05, 3.63) is 12.7 Å². The standard InChI is InChI=1S/C14H16ClN5O6/c1-12(2)13(24)7(6(21)10(22)23)26-11(14(12,13)25)20-4-18-5-8(19-15)16-3-17-9(5)20/h3-4,6-7,11,21,24-25H,1-2H3,(H,22,23)(H,16,17,19)/t6?,7-,11-,13+,14-/m1/s1. The molecule has 4 rings (SSSR count). The summed E-state index contributed by atoms with van der Waals surface area (Å²) in [5.74, 6) is -1.34. The fraction of sp³-hybridized carbons (Fsp3) is 0.571. The van der Waals surface area contributed by atoms with E-state index in [1.807, 2.05) is 0 Å². The summed E-state index contributed by atoms with van der Waals surface area (Å²) in [7, 11) is 0. The summed E-state index contributed by atoms with van der Waals surface area (Å²) in [4.78, 5) is 25.7. The Morgan fingerprint density at radius 2 is 2.04 bits per heavy atom. The highest BCUT2D eigenvalue weighted by atomic mass is 35.5. The summed E-state index contributed by atoms with van der Waals surface area (Å²) >= 11 is 5.60. The van der Waals surface area contributed by atoms with Gasteiger partial charge in [-0.05, 0) is 0 Å². The molecule has 0 bridgehead atoms. The lowest BCUT2D eigenvalue weighted by molar-refractivity contribution is -0.174. The highest BCUT2D eigenvalue weighted by Gasteiger charge is 2.93. The van der Waals surface area contributed by atoms with Crippen LogP contribution in [0.1, 0.15) is 20.1 Å². The van der Waals surface area contributed by atoms with Crippen LogP contribution in [0, 0.1) is 5.41 Å². The number of hydrogen-bond acceptors (Lipinski definition) is 9. The number of imidazole rings is 1. The zero-order valence-electron chi connectivity index (χ0n) is 13.7. The van der Waals surface area contributed by atoms with Crippen LogP contribution in [0.15, 0.2) is 12.7 Å². The third-order valence-corrected chi connectivity index (χ3v) is 5.89. The number of aliphatic hydroxyl groups is 3. The number of rotatable bonds is 4. The van der Waals surface area contributed by atoms with Gasteiger partial charge >= 0.3 is 5.97 Å². The van der Waals surface area contributed by atoms with E-state index in [9.17, 15) is 20.1 Å². The maximum absolute atomic E-state index is 11.2. The average Bonchev–Trinajstić information content (AvgIpc) is 2.98. The molecule has 3 heterocycles. The fourth-order valence-electron chi connectivity index (χ4n) is 4.09. The topological polar surface area (TPSA) is 163 Å². The van der Waals surface area contributed by atoms with Crippen molar-refractivity contribution < 1.29 is 30.0 Å². The molecule has 1 aliphatic heterocycles. The van der Waals surface area contributed by atoms with Crippen molar-refractivity contribution in [1.29, 1.82) is 0 Å². The largest absolute Gasteiger partial charge is 0.479 e. The molecule has 1 saturated carbocycles. The van der Waals surface area contributed by atoms with Crippen molar-refractivity contribution in [3.8, 4) is 0 Å². The molecular weight excluding hydrogens is 370 g/mol. The molecular formula is C14H16ClN5O6. The van der Waals surface area contributed by atoms with Crippen molar-refractivity contribution >= 4 is 34.7 Å². The van der Waals surface area contributed by atoms with Crippen molar-refractivity contribution in [3.63, 3.8) is 0 Å². The van der Waals surface area contributed by atoms with Crippen LogP contribution in [0.2, 0.25) is 0 Å². The van der Waals surface area contributed by atoms with E-state index in [4.69, 9.17) is 21.6 Å². The average molecular weight is 386 g/mol. The van der Waals surface area contributed by atoms with Gasteiger partial charge in [-0.1, -0.05) is 13.8 Å². The van der Waals surface area contributed by atoms with Gasteiger partial charge in [-0.25, -0.2) is 19.7 Å². The number of carboxylic acid groups (broad SMARTS) is 1. The second kappa shape index (κ2) is 5.02. The zero-order chi connectivity index (χ0) is 19.1. The van der Waals surface area contributed by atoms with Gasteiger partial charge in [0.2, 0.25) is 0 Å². The van der Waals surface area contributed by atoms with Crippen LogP contribution in [0.25, 0.3) is 11.2 Å². The summed E-state index contributed by atoms with van der Waals surface area (Å²) in [6, 6.07) is 0. The third-order valence-electron chi connectivity index (χ3n) is 5.71. The molecule has 1 saturated heterocycles. The summed E-state index contributed by atoms with van der Waals surface area (Å²) in [5, 5.41) is 41.2. The zero-order valence-corrected chi connectivity index (χ0v) is 14.4. The summed E-state index contributed by atoms with van der Waals surface area (Å²) < 4.78 is 6.94. The smallest absolute Gasteiger partial charge is 0.335 e. The van der Waals surface area contributed by atoms with Gasteiger partial charge in [-0.2, -0.15) is 0 Å². The molecule has 0 aromatic carbocycles. The SMILES string of the molecule is CC1(C)[C@]2(O)[C@H](n3cnc4c(NCl)ncnc43)O[C@H](C(O)C(=O)O)[C@]12O. The molecule has 0 spiro atoms. The first-order valence-electron chi connectivity index (χ1n) is 7.68. The Kier molecular flexibility index (Phi) is 3.35. The lowest BCUT2D eigenvalue weighted by Gasteiger charge is -2.28. The summed E-state index contributed by atoms with van der Waals surface area (Å²) in [6.45, 7) is 3.12. The minimum absolute atomic E-state index is 0.229. The number of nitrogens with one attached hydrogen (secondary N) is 1. The third kappa shape index (κ3) is 1.67. The van der Waals surface area contributed by atoms with E-state index in [0.29, 0.717) is 5.52 Å². The number of carbonyl (C=O) groups is 1. The van der Waals surface area contributed by atoms with Gasteiger partial charge < -0.3 is 25.2 Å². The molecule has 0 amide bonds. The van der Waals surface area contributed by atoms with Gasteiger partial charge in [0.05, 0.1) is 6.33 Å². The van der Waals surface area contributed by atoms with E-state index in [0.717, 1.165) is 0 Å². The van der Waals surface area contributed by atoms with E-state index in [-0.39, 0.29) is 11.5 Å². The van der Waals surface area contributed by atoms with E-state index in [1.165, 1.54) is 17.2 Å². The Morgan fingerprint density at radius 1 is 1.35 bits per heavy atom. The molecule has 2 aromatic heterocycles. The molecule has 0 radical (unpaired) electrons. The number of ether oxygens (including phenoxy) is 1. The van der Waals surface area contributed by atoms with Crippen LogP contribution in [-0.4, -0.2) is 69.3 Å². The summed E-state index contributed by atoms with van der Waals surface area (Å²) in [5.41, 5.74) is -4.45. The Hall–Kier alpha value is -2.05. The van der Waals surface area contributed by atoms with Crippen LogP contribution in [-0.2, 0) is 9.53 Å². The highest BCUT2D eigenvalue weighted by Crippen LogP contribution is 2.75. The second-order valence-corrected chi connectivity index (χ2v) is 7.18. The molecule has 26 heavy (non-hydrogen) atoms. The van der Waals surface area contributed by atoms with E-state index < -0.39 is 41.0 Å². The Balaban J connectivity index is 1.85. The van der Waals surface area contributed by atoms with Crippen LogP contribution >= 0.6 is 11.8 Å². The van der Waals surface area contributed by atoms with Gasteiger partial charge in [-0.15, -0.1) is 0 Å². The Morgan fingerprint density at radius 3 is 2.65 bits per heavy atom.